The molecular formula is C9H13ClN4. The molecule has 0 amide bonds. The zero-order valence-electron chi connectivity index (χ0n) is 8.26. The summed E-state index contributed by atoms with van der Waals surface area (Å²) in [7, 11) is 1.56. The molecule has 0 radical (unpaired) electrons. The van der Waals surface area contributed by atoms with Gasteiger partial charge in [0.2, 0.25) is 0 Å². The van der Waals surface area contributed by atoms with Crippen LogP contribution >= 0.6 is 11.6 Å². The molecule has 0 aliphatic heterocycles. The Morgan fingerprint density at radius 2 is 2.07 bits per heavy atom. The molecular weight excluding hydrogens is 200 g/mol. The summed E-state index contributed by atoms with van der Waals surface area (Å²) in [5, 5.41) is 10.0. The van der Waals surface area contributed by atoms with Crippen LogP contribution in [-0.4, -0.2) is 24.4 Å². The third-order valence-corrected chi connectivity index (χ3v) is 1.52. The Balaban J connectivity index is 4.28. The third-order valence-electron chi connectivity index (χ3n) is 1.25. The third kappa shape index (κ3) is 5.27. The summed E-state index contributed by atoms with van der Waals surface area (Å²) in [6.45, 7) is 8.94. The van der Waals surface area contributed by atoms with Gasteiger partial charge in [0.1, 0.15) is 5.84 Å². The number of hydrogen-bond acceptors (Lipinski definition) is 2. The van der Waals surface area contributed by atoms with E-state index in [4.69, 9.17) is 17.0 Å². The molecule has 0 saturated carbocycles. The quantitative estimate of drug-likeness (QED) is 0.319. The molecule has 76 valence electrons. The van der Waals surface area contributed by atoms with Crippen LogP contribution in [0.15, 0.2) is 34.4 Å². The van der Waals surface area contributed by atoms with E-state index in [1.165, 1.54) is 6.21 Å². The van der Waals surface area contributed by atoms with E-state index < -0.39 is 0 Å². The zero-order valence-corrected chi connectivity index (χ0v) is 9.02. The lowest BCUT2D eigenvalue weighted by Crippen LogP contribution is -2.18. The fraction of sp³-hybridized carbons (Fsp3) is 0.222. The maximum absolute atomic E-state index is 7.07. The average molecular weight is 213 g/mol. The maximum Gasteiger partial charge on any atom is 0.195 e. The number of halogens is 1. The molecule has 0 atom stereocenters. The number of allylic oxidation sites excluding steroid dienone is 1. The molecule has 0 aliphatic carbocycles. The number of rotatable bonds is 3. The molecule has 14 heavy (non-hydrogen) atoms. The second kappa shape index (κ2) is 6.10. The van der Waals surface area contributed by atoms with Gasteiger partial charge in [-0.15, -0.1) is 0 Å². The van der Waals surface area contributed by atoms with Gasteiger partial charge in [-0.25, -0.2) is 4.99 Å². The molecule has 0 aliphatic rings. The molecule has 0 spiro atoms. The van der Waals surface area contributed by atoms with E-state index in [9.17, 15) is 0 Å². The van der Waals surface area contributed by atoms with Gasteiger partial charge in [-0.05, 0) is 18.5 Å². The Hall–Kier alpha value is -1.42. The summed E-state index contributed by atoms with van der Waals surface area (Å²) in [5.41, 5.74) is 1.06. The van der Waals surface area contributed by atoms with Crippen molar-refractivity contribution in [2.45, 2.75) is 6.92 Å². The highest BCUT2D eigenvalue weighted by molar-refractivity contribution is 6.64. The van der Waals surface area contributed by atoms with Crippen LogP contribution in [0.1, 0.15) is 6.92 Å². The van der Waals surface area contributed by atoms with Crippen molar-refractivity contribution in [2.75, 3.05) is 7.05 Å². The van der Waals surface area contributed by atoms with Crippen molar-refractivity contribution in [1.29, 1.82) is 5.41 Å². The van der Waals surface area contributed by atoms with Gasteiger partial charge in [-0.1, -0.05) is 13.2 Å². The summed E-state index contributed by atoms with van der Waals surface area (Å²) in [6, 6.07) is 0. The number of nitrogens with zero attached hydrogens (tertiary/aromatic N) is 2. The molecule has 0 heterocycles. The predicted molar refractivity (Wildman–Crippen MR) is 62.5 cm³/mol. The molecule has 2 N–H and O–H groups in total. The van der Waals surface area contributed by atoms with Crippen molar-refractivity contribution in [3.05, 3.63) is 24.4 Å². The summed E-state index contributed by atoms with van der Waals surface area (Å²) < 4.78 is 0. The van der Waals surface area contributed by atoms with Gasteiger partial charge in [-0.2, -0.15) is 0 Å². The molecule has 4 nitrogen and oxygen atoms in total. The minimum Gasteiger partial charge on any atom is -0.331 e. The summed E-state index contributed by atoms with van der Waals surface area (Å²) in [6.07, 6.45) is 1.44. The highest BCUT2D eigenvalue weighted by atomic mass is 35.5. The molecule has 0 aromatic heterocycles. The van der Waals surface area contributed by atoms with E-state index >= 15 is 0 Å². The largest absolute Gasteiger partial charge is 0.331 e. The van der Waals surface area contributed by atoms with E-state index in [0.29, 0.717) is 11.3 Å². The first-order valence-corrected chi connectivity index (χ1v) is 4.22. The zero-order chi connectivity index (χ0) is 11.1. The van der Waals surface area contributed by atoms with Crippen LogP contribution in [0, 0.1) is 5.41 Å². The summed E-state index contributed by atoms with van der Waals surface area (Å²) >= 11 is 5.62. The molecule has 5 heteroatoms. The monoisotopic (exact) mass is 212 g/mol. The first-order chi connectivity index (χ1) is 6.47. The van der Waals surface area contributed by atoms with Crippen molar-refractivity contribution in [1.82, 2.24) is 5.32 Å². The van der Waals surface area contributed by atoms with E-state index in [1.807, 2.05) is 0 Å². The van der Waals surface area contributed by atoms with Crippen LogP contribution in [0.3, 0.4) is 0 Å². The highest BCUT2D eigenvalue weighted by Gasteiger charge is 1.98. The molecule has 0 saturated heterocycles. The van der Waals surface area contributed by atoms with Crippen LogP contribution in [0.2, 0.25) is 0 Å². The minimum atomic E-state index is 0.203. The van der Waals surface area contributed by atoms with Crippen LogP contribution in [0.25, 0.3) is 0 Å². The molecule has 0 fully saturated rings. The molecule has 0 rings (SSSR count). The molecule has 0 bridgehead atoms. The standard InChI is InChI=1S/C9H13ClN4/c1-6(5-13-8(3)11)7(2)14-9(10)12-4/h5,11H,1-2H2,3-4H3,(H,12,14). The molecule has 0 aromatic rings. The van der Waals surface area contributed by atoms with Gasteiger partial charge in [0, 0.05) is 24.5 Å². The van der Waals surface area contributed by atoms with Crippen molar-refractivity contribution >= 4 is 28.9 Å². The van der Waals surface area contributed by atoms with Gasteiger partial charge < -0.3 is 5.32 Å². The normalized spacial score (nSPS) is 11.5. The number of nitrogens with one attached hydrogen (secondary N) is 2. The van der Waals surface area contributed by atoms with Crippen molar-refractivity contribution in [2.24, 2.45) is 9.98 Å². The van der Waals surface area contributed by atoms with Crippen molar-refractivity contribution in [3.8, 4) is 0 Å². The number of aliphatic imine (C=N–C) groups is 2. The van der Waals surface area contributed by atoms with Gasteiger partial charge >= 0.3 is 0 Å². The van der Waals surface area contributed by atoms with Gasteiger partial charge in [0.25, 0.3) is 0 Å². The predicted octanol–water partition coefficient (Wildman–Crippen LogP) is 1.94. The fourth-order valence-electron chi connectivity index (χ4n) is 0.513. The lowest BCUT2D eigenvalue weighted by atomic mass is 10.2. The van der Waals surface area contributed by atoms with E-state index in [0.717, 1.165) is 0 Å². The van der Waals surface area contributed by atoms with Crippen molar-refractivity contribution < 1.29 is 0 Å². The van der Waals surface area contributed by atoms with E-state index in [2.05, 4.69) is 28.5 Å². The Morgan fingerprint density at radius 3 is 2.50 bits per heavy atom. The average Bonchev–Trinajstić information content (AvgIpc) is 2.13. The second-order valence-electron chi connectivity index (χ2n) is 2.49. The summed E-state index contributed by atoms with van der Waals surface area (Å²) in [4.78, 5) is 7.44. The first-order valence-electron chi connectivity index (χ1n) is 3.84. The number of hydrogen-bond donors (Lipinski definition) is 2. The Labute approximate surface area is 88.6 Å². The lowest BCUT2D eigenvalue weighted by molar-refractivity contribution is 1.18. The van der Waals surface area contributed by atoms with Crippen LogP contribution in [0.5, 0.6) is 0 Å². The second-order valence-corrected chi connectivity index (χ2v) is 2.84. The van der Waals surface area contributed by atoms with Crippen LogP contribution in [0.4, 0.5) is 0 Å². The van der Waals surface area contributed by atoms with E-state index in [-0.39, 0.29) is 11.1 Å². The highest BCUT2D eigenvalue weighted by Crippen LogP contribution is 1.99. The summed E-state index contributed by atoms with van der Waals surface area (Å²) in [5.74, 6) is 0.203. The Morgan fingerprint density at radius 1 is 1.50 bits per heavy atom. The van der Waals surface area contributed by atoms with Crippen molar-refractivity contribution in [3.63, 3.8) is 0 Å². The first kappa shape index (κ1) is 12.6. The van der Waals surface area contributed by atoms with E-state index in [1.54, 1.807) is 14.0 Å². The topological polar surface area (TPSA) is 60.6 Å². The maximum atomic E-state index is 7.07. The van der Waals surface area contributed by atoms with Crippen LogP contribution < -0.4 is 5.32 Å². The Kier molecular flexibility index (Phi) is 5.48. The lowest BCUT2D eigenvalue weighted by Gasteiger charge is -2.05. The molecule has 0 unspecified atom stereocenters. The van der Waals surface area contributed by atoms with Gasteiger partial charge in [-0.3, -0.25) is 10.4 Å². The van der Waals surface area contributed by atoms with Gasteiger partial charge in [0.15, 0.2) is 5.29 Å². The smallest absolute Gasteiger partial charge is 0.195 e. The van der Waals surface area contributed by atoms with Gasteiger partial charge in [0.05, 0.1) is 0 Å². The number of amidine groups is 2. The Bertz CT molecular complexity index is 315. The minimum absolute atomic E-state index is 0.203. The molecule has 0 aromatic carbocycles. The SMILES string of the molecule is C=C(C=NC(C)=N)C(=C)NC(Cl)=NC. The fourth-order valence-corrected chi connectivity index (χ4v) is 0.627. The van der Waals surface area contributed by atoms with Crippen LogP contribution in [-0.2, 0) is 0 Å².